The molecule has 0 unspecified atom stereocenters. The average molecular weight is 283 g/mol. The summed E-state index contributed by atoms with van der Waals surface area (Å²) in [6.07, 6.45) is 1.52. The van der Waals surface area contributed by atoms with Gasteiger partial charge in [0, 0.05) is 5.54 Å². The van der Waals surface area contributed by atoms with Crippen molar-refractivity contribution >= 4 is 16.9 Å². The highest BCUT2D eigenvalue weighted by Crippen LogP contribution is 2.22. The van der Waals surface area contributed by atoms with E-state index in [1.165, 1.54) is 6.20 Å². The molecule has 2 aromatic heterocycles. The van der Waals surface area contributed by atoms with E-state index in [0.29, 0.717) is 17.1 Å². The van der Waals surface area contributed by atoms with Gasteiger partial charge in [-0.1, -0.05) is 12.1 Å². The topological polar surface area (TPSA) is 86.5 Å². The van der Waals surface area contributed by atoms with Crippen LogP contribution in [0.5, 0.6) is 0 Å². The van der Waals surface area contributed by atoms with Crippen molar-refractivity contribution in [3.63, 3.8) is 0 Å². The number of nitrogens with zero attached hydrogens (tertiary/aromatic N) is 2. The first kappa shape index (κ1) is 13.4. The maximum Gasteiger partial charge on any atom is 0.255 e. The molecule has 0 bridgehead atoms. The van der Waals surface area contributed by atoms with Gasteiger partial charge in [0.2, 0.25) is 0 Å². The molecule has 2 heterocycles. The number of amides is 1. The van der Waals surface area contributed by atoms with Gasteiger partial charge < -0.3 is 10.3 Å². The van der Waals surface area contributed by atoms with Crippen LogP contribution in [0.15, 0.2) is 30.5 Å². The predicted molar refractivity (Wildman–Crippen MR) is 80.9 cm³/mol. The summed E-state index contributed by atoms with van der Waals surface area (Å²) in [5, 5.41) is 9.74. The van der Waals surface area contributed by atoms with Crippen molar-refractivity contribution in [2.24, 2.45) is 0 Å². The van der Waals surface area contributed by atoms with E-state index in [1.54, 1.807) is 0 Å². The normalized spacial score (nSPS) is 11.8. The van der Waals surface area contributed by atoms with Gasteiger partial charge >= 0.3 is 0 Å². The Bertz CT molecular complexity index is 761. The highest BCUT2D eigenvalue weighted by atomic mass is 16.1. The molecule has 21 heavy (non-hydrogen) atoms. The van der Waals surface area contributed by atoms with Crippen molar-refractivity contribution < 1.29 is 4.79 Å². The van der Waals surface area contributed by atoms with Gasteiger partial charge in [0.1, 0.15) is 5.69 Å². The lowest BCUT2D eigenvalue weighted by atomic mass is 10.1. The van der Waals surface area contributed by atoms with Crippen LogP contribution in [-0.4, -0.2) is 31.6 Å². The van der Waals surface area contributed by atoms with Gasteiger partial charge in [-0.3, -0.25) is 9.89 Å². The van der Waals surface area contributed by atoms with Gasteiger partial charge in [-0.25, -0.2) is 4.98 Å². The number of hydrogen-bond donors (Lipinski definition) is 3. The summed E-state index contributed by atoms with van der Waals surface area (Å²) in [4.78, 5) is 20.0. The number of fused-ring (bicyclic) bond motifs is 1. The number of hydrogen-bond acceptors (Lipinski definition) is 3. The van der Waals surface area contributed by atoms with Crippen molar-refractivity contribution in [2.75, 3.05) is 0 Å². The molecule has 3 N–H and O–H groups in total. The smallest absolute Gasteiger partial charge is 0.255 e. The van der Waals surface area contributed by atoms with Crippen LogP contribution in [0.3, 0.4) is 0 Å². The molecule has 0 atom stereocenters. The quantitative estimate of drug-likeness (QED) is 0.675. The number of nitrogens with one attached hydrogen (secondary N) is 3. The highest BCUT2D eigenvalue weighted by Gasteiger charge is 2.21. The number of para-hydroxylation sites is 2. The maximum atomic E-state index is 12.3. The first-order valence-corrected chi connectivity index (χ1v) is 6.75. The number of rotatable bonds is 2. The number of benzene rings is 1. The monoisotopic (exact) mass is 283 g/mol. The lowest BCUT2D eigenvalue weighted by molar-refractivity contribution is 0.0920. The van der Waals surface area contributed by atoms with Gasteiger partial charge in [-0.2, -0.15) is 5.10 Å². The van der Waals surface area contributed by atoms with E-state index < -0.39 is 0 Å². The number of aromatic nitrogens is 4. The fourth-order valence-corrected chi connectivity index (χ4v) is 2.12. The Labute approximate surface area is 122 Å². The molecule has 1 aromatic carbocycles. The van der Waals surface area contributed by atoms with E-state index in [-0.39, 0.29) is 11.4 Å². The largest absolute Gasteiger partial charge is 0.347 e. The molecule has 0 fully saturated rings. The van der Waals surface area contributed by atoms with Crippen molar-refractivity contribution in [3.05, 3.63) is 36.0 Å². The van der Waals surface area contributed by atoms with Crippen LogP contribution in [0.25, 0.3) is 22.6 Å². The molecule has 0 spiro atoms. The lowest BCUT2D eigenvalue weighted by Crippen LogP contribution is -2.40. The molecule has 6 heteroatoms. The van der Waals surface area contributed by atoms with Crippen molar-refractivity contribution in [1.82, 2.24) is 25.5 Å². The summed E-state index contributed by atoms with van der Waals surface area (Å²) >= 11 is 0. The third kappa shape index (κ3) is 2.65. The minimum absolute atomic E-state index is 0.174. The molecule has 1 amide bonds. The Morgan fingerprint density at radius 1 is 1.24 bits per heavy atom. The summed E-state index contributed by atoms with van der Waals surface area (Å²) in [5.74, 6) is 0.430. The molecule has 0 aliphatic heterocycles. The fraction of sp³-hybridized carbons (Fsp3) is 0.267. The molecular weight excluding hydrogens is 266 g/mol. The molecule has 0 saturated heterocycles. The van der Waals surface area contributed by atoms with Crippen LogP contribution in [0.4, 0.5) is 0 Å². The molecule has 0 aliphatic carbocycles. The van der Waals surface area contributed by atoms with Crippen LogP contribution in [0, 0.1) is 0 Å². The Kier molecular flexibility index (Phi) is 3.01. The van der Waals surface area contributed by atoms with Crippen LogP contribution < -0.4 is 5.32 Å². The third-order valence-electron chi connectivity index (χ3n) is 3.00. The van der Waals surface area contributed by atoms with E-state index in [4.69, 9.17) is 0 Å². The molecule has 0 aliphatic rings. The highest BCUT2D eigenvalue weighted by molar-refractivity contribution is 5.99. The van der Waals surface area contributed by atoms with Crippen molar-refractivity contribution in [2.45, 2.75) is 26.3 Å². The van der Waals surface area contributed by atoms with Crippen molar-refractivity contribution in [1.29, 1.82) is 0 Å². The van der Waals surface area contributed by atoms with E-state index in [1.807, 2.05) is 45.0 Å². The minimum Gasteiger partial charge on any atom is -0.347 e. The SMILES string of the molecule is CC(C)(C)NC(=O)c1cn[nH]c1-c1nc2ccccc2[nH]1. The van der Waals surface area contributed by atoms with Crippen molar-refractivity contribution in [3.8, 4) is 11.5 Å². The Balaban J connectivity index is 2.00. The molecule has 0 saturated carbocycles. The van der Waals surface area contributed by atoms with E-state index >= 15 is 0 Å². The summed E-state index contributed by atoms with van der Waals surface area (Å²) < 4.78 is 0. The zero-order chi connectivity index (χ0) is 15.0. The number of imidazole rings is 1. The molecule has 0 radical (unpaired) electrons. The molecule has 6 nitrogen and oxygen atoms in total. The Morgan fingerprint density at radius 2 is 2.00 bits per heavy atom. The maximum absolute atomic E-state index is 12.3. The second-order valence-corrected chi connectivity index (χ2v) is 5.97. The predicted octanol–water partition coefficient (Wildman–Crippen LogP) is 2.48. The summed E-state index contributed by atoms with van der Waals surface area (Å²) in [5.41, 5.74) is 2.53. The molecule has 108 valence electrons. The Hall–Kier alpha value is -2.63. The third-order valence-corrected chi connectivity index (χ3v) is 3.00. The number of aromatic amines is 2. The number of carbonyl (C=O) groups is 1. The van der Waals surface area contributed by atoms with Crippen LogP contribution >= 0.6 is 0 Å². The zero-order valence-electron chi connectivity index (χ0n) is 12.2. The Morgan fingerprint density at radius 3 is 2.71 bits per heavy atom. The molecular formula is C15H17N5O. The summed E-state index contributed by atoms with van der Waals surface area (Å²) in [6, 6.07) is 7.72. The molecule has 3 rings (SSSR count). The summed E-state index contributed by atoms with van der Waals surface area (Å²) in [7, 11) is 0. The first-order chi connectivity index (χ1) is 9.94. The fourth-order valence-electron chi connectivity index (χ4n) is 2.12. The summed E-state index contributed by atoms with van der Waals surface area (Å²) in [6.45, 7) is 5.81. The van der Waals surface area contributed by atoms with E-state index in [9.17, 15) is 4.79 Å². The number of H-pyrrole nitrogens is 2. The van der Waals surface area contributed by atoms with Crippen LogP contribution in [-0.2, 0) is 0 Å². The second-order valence-electron chi connectivity index (χ2n) is 5.97. The minimum atomic E-state index is -0.306. The standard InChI is InChI=1S/C15H17N5O/c1-15(2,3)19-14(21)9-8-16-20-12(9)13-17-10-6-4-5-7-11(10)18-13/h4-8H,1-3H3,(H,16,20)(H,17,18)(H,19,21). The van der Waals surface area contributed by atoms with Gasteiger partial charge in [-0.15, -0.1) is 0 Å². The lowest BCUT2D eigenvalue weighted by Gasteiger charge is -2.20. The van der Waals surface area contributed by atoms with Gasteiger partial charge in [0.15, 0.2) is 5.82 Å². The van der Waals surface area contributed by atoms with Gasteiger partial charge in [0.25, 0.3) is 5.91 Å². The molecule has 3 aromatic rings. The average Bonchev–Trinajstić information content (AvgIpc) is 3.02. The van der Waals surface area contributed by atoms with Crippen LogP contribution in [0.2, 0.25) is 0 Å². The first-order valence-electron chi connectivity index (χ1n) is 6.75. The van der Waals surface area contributed by atoms with Crippen LogP contribution in [0.1, 0.15) is 31.1 Å². The van der Waals surface area contributed by atoms with Gasteiger partial charge in [0.05, 0.1) is 22.8 Å². The van der Waals surface area contributed by atoms with Gasteiger partial charge in [-0.05, 0) is 32.9 Å². The van der Waals surface area contributed by atoms with E-state index in [2.05, 4.69) is 25.5 Å². The zero-order valence-corrected chi connectivity index (χ0v) is 12.2. The number of carbonyl (C=O) groups excluding carboxylic acids is 1. The second kappa shape index (κ2) is 4.73. The van der Waals surface area contributed by atoms with E-state index in [0.717, 1.165) is 11.0 Å².